The van der Waals surface area contributed by atoms with Gasteiger partial charge in [-0.25, -0.2) is 9.78 Å². The number of thiophene rings is 1. The maximum Gasteiger partial charge on any atom is 0.335 e. The van der Waals surface area contributed by atoms with Gasteiger partial charge in [0.15, 0.2) is 0 Å². The SMILES string of the molecule is CC(C)c1nc2sc3c(c2c(=O)n1Cc1cccc(C(=O)O)c1)CCCC3. The number of rotatable bonds is 4. The van der Waals surface area contributed by atoms with Gasteiger partial charge in [0.05, 0.1) is 17.5 Å². The molecule has 27 heavy (non-hydrogen) atoms. The van der Waals surface area contributed by atoms with Crippen molar-refractivity contribution in [2.45, 2.75) is 52.0 Å². The van der Waals surface area contributed by atoms with Gasteiger partial charge in [-0.15, -0.1) is 11.3 Å². The molecule has 2 aromatic heterocycles. The van der Waals surface area contributed by atoms with Gasteiger partial charge in [-0.3, -0.25) is 9.36 Å². The maximum absolute atomic E-state index is 13.4. The summed E-state index contributed by atoms with van der Waals surface area (Å²) in [7, 11) is 0. The van der Waals surface area contributed by atoms with Gasteiger partial charge >= 0.3 is 5.97 Å². The third-order valence-corrected chi connectivity index (χ3v) is 6.32. The standard InChI is InChI=1S/C21H22N2O3S/c1-12(2)18-22-19-17(15-8-3-4-9-16(15)27-19)20(24)23(18)11-13-6-5-7-14(10-13)21(25)26/h5-7,10,12H,3-4,8-9,11H2,1-2H3,(H,25,26). The van der Waals surface area contributed by atoms with Crippen molar-refractivity contribution in [1.82, 2.24) is 9.55 Å². The van der Waals surface area contributed by atoms with E-state index in [0.29, 0.717) is 6.54 Å². The number of aryl methyl sites for hydroxylation is 2. The number of aromatic carboxylic acids is 1. The van der Waals surface area contributed by atoms with E-state index in [4.69, 9.17) is 4.98 Å². The summed E-state index contributed by atoms with van der Waals surface area (Å²) in [5.41, 5.74) is 2.21. The van der Waals surface area contributed by atoms with Gasteiger partial charge < -0.3 is 5.11 Å². The zero-order chi connectivity index (χ0) is 19.1. The van der Waals surface area contributed by atoms with Gasteiger partial charge in [-0.2, -0.15) is 0 Å². The first-order chi connectivity index (χ1) is 13.0. The molecule has 3 aromatic rings. The summed E-state index contributed by atoms with van der Waals surface area (Å²) in [6, 6.07) is 6.77. The molecule has 0 aliphatic heterocycles. The predicted molar refractivity (Wildman–Crippen MR) is 107 cm³/mol. The monoisotopic (exact) mass is 382 g/mol. The van der Waals surface area contributed by atoms with E-state index in [1.165, 1.54) is 16.9 Å². The molecule has 0 radical (unpaired) electrons. The topological polar surface area (TPSA) is 72.2 Å². The summed E-state index contributed by atoms with van der Waals surface area (Å²) >= 11 is 1.66. The molecule has 4 rings (SSSR count). The van der Waals surface area contributed by atoms with Crippen molar-refractivity contribution in [3.8, 4) is 0 Å². The van der Waals surface area contributed by atoms with Crippen LogP contribution in [0.4, 0.5) is 0 Å². The first kappa shape index (κ1) is 17.9. The summed E-state index contributed by atoms with van der Waals surface area (Å²) in [6.07, 6.45) is 4.27. The number of aromatic nitrogens is 2. The molecule has 5 nitrogen and oxygen atoms in total. The molecule has 0 amide bonds. The zero-order valence-corrected chi connectivity index (χ0v) is 16.3. The molecule has 2 heterocycles. The van der Waals surface area contributed by atoms with Crippen LogP contribution in [0.2, 0.25) is 0 Å². The van der Waals surface area contributed by atoms with Crippen LogP contribution in [-0.2, 0) is 19.4 Å². The van der Waals surface area contributed by atoms with Gasteiger partial charge in [0.1, 0.15) is 10.7 Å². The van der Waals surface area contributed by atoms with Crippen LogP contribution in [0, 0.1) is 0 Å². The van der Waals surface area contributed by atoms with Gasteiger partial charge in [-0.05, 0) is 48.9 Å². The second kappa shape index (κ2) is 6.93. The molecule has 0 spiro atoms. The van der Waals surface area contributed by atoms with E-state index in [1.54, 1.807) is 34.1 Å². The first-order valence-electron chi connectivity index (χ1n) is 9.33. The van der Waals surface area contributed by atoms with E-state index in [9.17, 15) is 14.7 Å². The van der Waals surface area contributed by atoms with Gasteiger partial charge in [0, 0.05) is 10.8 Å². The second-order valence-corrected chi connectivity index (χ2v) is 8.50. The highest BCUT2D eigenvalue weighted by Gasteiger charge is 2.23. The quantitative estimate of drug-likeness (QED) is 0.734. The van der Waals surface area contributed by atoms with Crippen LogP contribution >= 0.6 is 11.3 Å². The molecule has 1 aromatic carbocycles. The highest BCUT2D eigenvalue weighted by molar-refractivity contribution is 7.18. The molecule has 0 saturated heterocycles. The first-order valence-corrected chi connectivity index (χ1v) is 10.1. The van der Waals surface area contributed by atoms with Gasteiger partial charge in [0.2, 0.25) is 0 Å². The highest BCUT2D eigenvalue weighted by Crippen LogP contribution is 2.34. The number of carbonyl (C=O) groups is 1. The molecule has 0 saturated carbocycles. The van der Waals surface area contributed by atoms with Crippen LogP contribution < -0.4 is 5.56 Å². The van der Waals surface area contributed by atoms with Crippen molar-refractivity contribution in [3.05, 3.63) is 62.0 Å². The Bertz CT molecular complexity index is 1090. The van der Waals surface area contributed by atoms with Crippen LogP contribution in [0.1, 0.15) is 64.8 Å². The molecule has 0 bridgehead atoms. The third kappa shape index (κ3) is 3.18. The highest BCUT2D eigenvalue weighted by atomic mass is 32.1. The minimum absolute atomic E-state index is 0.00354. The molecule has 0 unspecified atom stereocenters. The Kier molecular flexibility index (Phi) is 4.60. The molecule has 1 aliphatic rings. The number of carboxylic acid groups (broad SMARTS) is 1. The lowest BCUT2D eigenvalue weighted by Gasteiger charge is -2.16. The number of carboxylic acids is 1. The van der Waals surface area contributed by atoms with Gasteiger partial charge in [0.25, 0.3) is 5.56 Å². The van der Waals surface area contributed by atoms with E-state index in [2.05, 4.69) is 0 Å². The molecule has 0 atom stereocenters. The van der Waals surface area contributed by atoms with Crippen LogP contribution in [0.25, 0.3) is 10.2 Å². The summed E-state index contributed by atoms with van der Waals surface area (Å²) < 4.78 is 1.73. The number of nitrogens with zero attached hydrogens (tertiary/aromatic N) is 2. The van der Waals surface area contributed by atoms with Crippen molar-refractivity contribution >= 4 is 27.5 Å². The van der Waals surface area contributed by atoms with Crippen molar-refractivity contribution in [2.24, 2.45) is 0 Å². The largest absolute Gasteiger partial charge is 0.478 e. The summed E-state index contributed by atoms with van der Waals surface area (Å²) in [6.45, 7) is 4.40. The van der Waals surface area contributed by atoms with Crippen LogP contribution in [0.15, 0.2) is 29.1 Å². The molecule has 1 aliphatic carbocycles. The third-order valence-electron chi connectivity index (χ3n) is 5.14. The molecule has 140 valence electrons. The molecule has 0 fully saturated rings. The summed E-state index contributed by atoms with van der Waals surface area (Å²) in [5.74, 6) is -0.107. The van der Waals surface area contributed by atoms with Crippen LogP contribution in [0.5, 0.6) is 0 Å². The maximum atomic E-state index is 13.4. The molecule has 6 heteroatoms. The van der Waals surface area contributed by atoms with Crippen molar-refractivity contribution in [1.29, 1.82) is 0 Å². The summed E-state index contributed by atoms with van der Waals surface area (Å²) in [5, 5.41) is 10.0. The van der Waals surface area contributed by atoms with E-state index < -0.39 is 5.97 Å². The van der Waals surface area contributed by atoms with E-state index in [1.807, 2.05) is 19.9 Å². The van der Waals surface area contributed by atoms with E-state index in [0.717, 1.165) is 40.9 Å². The van der Waals surface area contributed by atoms with Gasteiger partial charge in [-0.1, -0.05) is 26.0 Å². The summed E-state index contributed by atoms with van der Waals surface area (Å²) in [4.78, 5) is 31.7. The Morgan fingerprint density at radius 2 is 2.07 bits per heavy atom. The van der Waals surface area contributed by atoms with Crippen molar-refractivity contribution in [3.63, 3.8) is 0 Å². The fourth-order valence-electron chi connectivity index (χ4n) is 3.83. The predicted octanol–water partition coefficient (Wildman–Crippen LogP) is 4.21. The molecular formula is C21H22N2O3S. The number of fused-ring (bicyclic) bond motifs is 3. The minimum atomic E-state index is -0.964. The minimum Gasteiger partial charge on any atom is -0.478 e. The average molecular weight is 382 g/mol. The Balaban J connectivity index is 1.89. The lowest BCUT2D eigenvalue weighted by atomic mass is 9.97. The van der Waals surface area contributed by atoms with Crippen LogP contribution in [-0.4, -0.2) is 20.6 Å². The Morgan fingerprint density at radius 1 is 1.30 bits per heavy atom. The normalized spacial score (nSPS) is 13.9. The fraction of sp³-hybridized carbons (Fsp3) is 0.381. The Labute approximate surface area is 161 Å². The number of hydrogen-bond donors (Lipinski definition) is 1. The van der Waals surface area contributed by atoms with Crippen molar-refractivity contribution in [2.75, 3.05) is 0 Å². The second-order valence-electron chi connectivity index (χ2n) is 7.41. The lowest BCUT2D eigenvalue weighted by Crippen LogP contribution is -2.27. The molecule has 1 N–H and O–H groups in total. The smallest absolute Gasteiger partial charge is 0.335 e. The lowest BCUT2D eigenvalue weighted by molar-refractivity contribution is 0.0696. The van der Waals surface area contributed by atoms with Crippen LogP contribution in [0.3, 0.4) is 0 Å². The van der Waals surface area contributed by atoms with E-state index >= 15 is 0 Å². The zero-order valence-electron chi connectivity index (χ0n) is 15.5. The number of benzene rings is 1. The molecular weight excluding hydrogens is 360 g/mol. The Morgan fingerprint density at radius 3 is 2.81 bits per heavy atom. The van der Waals surface area contributed by atoms with Crippen molar-refractivity contribution < 1.29 is 9.90 Å². The number of hydrogen-bond acceptors (Lipinski definition) is 4. The Hall–Kier alpha value is -2.47. The fourth-order valence-corrected chi connectivity index (χ4v) is 5.09. The average Bonchev–Trinajstić information content (AvgIpc) is 3.02. The van der Waals surface area contributed by atoms with E-state index in [-0.39, 0.29) is 17.0 Å².